The van der Waals surface area contributed by atoms with E-state index in [-0.39, 0.29) is 11.5 Å². The van der Waals surface area contributed by atoms with Crippen LogP contribution < -0.4 is 15.8 Å². The van der Waals surface area contributed by atoms with E-state index in [1.165, 1.54) is 16.0 Å². The maximum absolute atomic E-state index is 11.9. The van der Waals surface area contributed by atoms with E-state index < -0.39 is 11.7 Å². The van der Waals surface area contributed by atoms with Crippen molar-refractivity contribution in [3.05, 3.63) is 45.0 Å². The number of rotatable bonds is 5. The molecule has 3 rings (SSSR count). The lowest BCUT2D eigenvalue weighted by molar-refractivity contribution is -0.117. The molecule has 2 aromatic heterocycles. The lowest BCUT2D eigenvalue weighted by atomic mass is 10.1. The number of ketones is 1. The molecule has 0 saturated carbocycles. The van der Waals surface area contributed by atoms with Gasteiger partial charge < -0.3 is 10.2 Å². The number of nitrogens with zero attached hydrogens (tertiary/aromatic N) is 3. The summed E-state index contributed by atoms with van der Waals surface area (Å²) in [5, 5.41) is 8.51. The summed E-state index contributed by atoms with van der Waals surface area (Å²) in [6, 6.07) is 4.96. The number of aryl methyl sites for hydroxylation is 1. The monoisotopic (exact) mass is 346 g/mol. The minimum Gasteiger partial charge on any atom is -0.370 e. The van der Waals surface area contributed by atoms with Gasteiger partial charge in [-0.05, 0) is 23.8 Å². The summed E-state index contributed by atoms with van der Waals surface area (Å²) in [6.45, 7) is 1.97. The zero-order valence-electron chi connectivity index (χ0n) is 13.3. The molecule has 0 spiro atoms. The largest absolute Gasteiger partial charge is 0.370 e. The number of hydrogen-bond donors (Lipinski definition) is 1. The number of Topliss-reactive ketones (excluding diaryl/α,β-unsaturated/α-hetero) is 1. The van der Waals surface area contributed by atoms with Gasteiger partial charge >= 0.3 is 0 Å². The van der Waals surface area contributed by atoms with Crippen molar-refractivity contribution in [2.45, 2.75) is 6.42 Å². The number of carbonyl (C=O) groups is 2. The van der Waals surface area contributed by atoms with Gasteiger partial charge in [0.05, 0.1) is 16.8 Å². The fraction of sp³-hybridized carbons (Fsp3) is 0.375. The highest BCUT2D eigenvalue weighted by Crippen LogP contribution is 2.21. The molecule has 1 aliphatic heterocycles. The van der Waals surface area contributed by atoms with Crippen molar-refractivity contribution in [1.82, 2.24) is 15.1 Å². The Morgan fingerprint density at radius 1 is 1.46 bits per heavy atom. The third-order valence-electron chi connectivity index (χ3n) is 4.11. The normalized spacial score (nSPS) is 17.0. The molecule has 0 aliphatic carbocycles. The highest BCUT2D eigenvalue weighted by molar-refractivity contribution is 7.13. The Labute approximate surface area is 142 Å². The molecule has 126 valence electrons. The molecule has 3 heterocycles. The van der Waals surface area contributed by atoms with Gasteiger partial charge in [-0.25, -0.2) is 4.68 Å². The van der Waals surface area contributed by atoms with E-state index in [1.807, 2.05) is 0 Å². The Balaban J connectivity index is 1.53. The Bertz CT molecular complexity index is 800. The smallest absolute Gasteiger partial charge is 0.293 e. The van der Waals surface area contributed by atoms with E-state index in [4.69, 9.17) is 0 Å². The lowest BCUT2D eigenvalue weighted by Gasteiger charge is -2.18. The molecular formula is C16H18N4O3S. The summed E-state index contributed by atoms with van der Waals surface area (Å²) in [5.74, 6) is -0.809. The van der Waals surface area contributed by atoms with Gasteiger partial charge in [-0.3, -0.25) is 14.4 Å². The van der Waals surface area contributed by atoms with Crippen LogP contribution in [0, 0.1) is 5.92 Å². The number of anilines is 1. The molecule has 1 amide bonds. The van der Waals surface area contributed by atoms with E-state index >= 15 is 0 Å². The topological polar surface area (TPSA) is 84.3 Å². The van der Waals surface area contributed by atoms with E-state index in [0.29, 0.717) is 11.4 Å². The zero-order chi connectivity index (χ0) is 17.1. The van der Waals surface area contributed by atoms with Crippen LogP contribution in [0.2, 0.25) is 0 Å². The molecule has 0 radical (unpaired) electrons. The van der Waals surface area contributed by atoms with Crippen LogP contribution in [0.1, 0.15) is 16.1 Å². The molecule has 8 heteroatoms. The number of nitrogens with one attached hydrogen (secondary N) is 1. The first kappa shape index (κ1) is 16.4. The maximum Gasteiger partial charge on any atom is 0.293 e. The van der Waals surface area contributed by atoms with Gasteiger partial charge in [0.1, 0.15) is 0 Å². The fourth-order valence-electron chi connectivity index (χ4n) is 2.70. The molecule has 1 fully saturated rings. The second-order valence-corrected chi connectivity index (χ2v) is 6.74. The van der Waals surface area contributed by atoms with Crippen molar-refractivity contribution in [2.24, 2.45) is 13.0 Å². The molecule has 1 atom stereocenters. The quantitative estimate of drug-likeness (QED) is 0.635. The Morgan fingerprint density at radius 3 is 3.00 bits per heavy atom. The van der Waals surface area contributed by atoms with Gasteiger partial charge in [-0.1, -0.05) is 6.07 Å². The number of aromatic nitrogens is 2. The number of thiophene rings is 1. The van der Waals surface area contributed by atoms with Crippen molar-refractivity contribution in [2.75, 3.05) is 24.5 Å². The zero-order valence-corrected chi connectivity index (χ0v) is 14.1. The minimum atomic E-state index is -0.564. The van der Waals surface area contributed by atoms with Gasteiger partial charge in [0.2, 0.25) is 0 Å². The van der Waals surface area contributed by atoms with E-state index in [9.17, 15) is 14.4 Å². The highest BCUT2D eigenvalue weighted by Gasteiger charge is 2.25. The average Bonchev–Trinajstić information content (AvgIpc) is 3.26. The summed E-state index contributed by atoms with van der Waals surface area (Å²) in [6.07, 6.45) is 2.56. The van der Waals surface area contributed by atoms with Crippen molar-refractivity contribution in [3.8, 4) is 0 Å². The van der Waals surface area contributed by atoms with Crippen LogP contribution in [0.25, 0.3) is 0 Å². The second kappa shape index (κ2) is 6.96. The molecule has 0 aromatic carbocycles. The minimum absolute atomic E-state index is 0.147. The summed E-state index contributed by atoms with van der Waals surface area (Å²) < 4.78 is 1.29. The van der Waals surface area contributed by atoms with E-state index in [2.05, 4.69) is 15.3 Å². The van der Waals surface area contributed by atoms with Crippen LogP contribution in [0.5, 0.6) is 0 Å². The van der Waals surface area contributed by atoms with Crippen LogP contribution in [0.15, 0.2) is 34.6 Å². The van der Waals surface area contributed by atoms with E-state index in [1.54, 1.807) is 36.8 Å². The first-order valence-corrected chi connectivity index (χ1v) is 8.57. The van der Waals surface area contributed by atoms with Crippen molar-refractivity contribution in [3.63, 3.8) is 0 Å². The number of amides is 1. The summed E-state index contributed by atoms with van der Waals surface area (Å²) in [7, 11) is 1.61. The van der Waals surface area contributed by atoms with Gasteiger partial charge in [0.25, 0.3) is 17.2 Å². The van der Waals surface area contributed by atoms with Crippen molar-refractivity contribution >= 4 is 28.7 Å². The Morgan fingerprint density at radius 2 is 2.29 bits per heavy atom. The summed E-state index contributed by atoms with van der Waals surface area (Å²) in [4.78, 5) is 38.0. The highest BCUT2D eigenvalue weighted by atomic mass is 32.1. The first-order valence-electron chi connectivity index (χ1n) is 7.69. The molecule has 2 aromatic rings. The van der Waals surface area contributed by atoms with Gasteiger partial charge in [0.15, 0.2) is 0 Å². The van der Waals surface area contributed by atoms with Gasteiger partial charge in [0, 0.05) is 32.7 Å². The third kappa shape index (κ3) is 3.53. The lowest BCUT2D eigenvalue weighted by Crippen LogP contribution is -2.35. The molecule has 1 aliphatic rings. The maximum atomic E-state index is 11.9. The molecular weight excluding hydrogens is 328 g/mol. The fourth-order valence-corrected chi connectivity index (χ4v) is 3.36. The van der Waals surface area contributed by atoms with Crippen molar-refractivity contribution in [1.29, 1.82) is 0 Å². The van der Waals surface area contributed by atoms with Gasteiger partial charge in [-0.15, -0.1) is 11.3 Å². The molecule has 7 nitrogen and oxygen atoms in total. The molecule has 1 N–H and O–H groups in total. The van der Waals surface area contributed by atoms with Gasteiger partial charge in [-0.2, -0.15) is 5.10 Å². The van der Waals surface area contributed by atoms with Crippen LogP contribution in [0.3, 0.4) is 0 Å². The Kier molecular flexibility index (Phi) is 4.75. The predicted molar refractivity (Wildman–Crippen MR) is 91.5 cm³/mol. The molecule has 24 heavy (non-hydrogen) atoms. The predicted octanol–water partition coefficient (Wildman–Crippen LogP) is 0.667. The molecule has 1 unspecified atom stereocenters. The number of hydrogen-bond acceptors (Lipinski definition) is 6. The average molecular weight is 346 g/mol. The van der Waals surface area contributed by atoms with Crippen LogP contribution in [-0.4, -0.2) is 41.1 Å². The summed E-state index contributed by atoms with van der Waals surface area (Å²) in [5.41, 5.74) is 0.646. The molecule has 1 saturated heterocycles. The SMILES string of the molecule is Cn1ncc(N2CCC(CNC(=O)C(=O)c3cccs3)C2)cc1=O. The Hall–Kier alpha value is -2.48. The van der Waals surface area contributed by atoms with Crippen molar-refractivity contribution < 1.29 is 9.59 Å². The van der Waals surface area contributed by atoms with Crippen LogP contribution in [0.4, 0.5) is 5.69 Å². The van der Waals surface area contributed by atoms with Crippen LogP contribution in [-0.2, 0) is 11.8 Å². The second-order valence-electron chi connectivity index (χ2n) is 5.79. The van der Waals surface area contributed by atoms with Crippen LogP contribution >= 0.6 is 11.3 Å². The first-order chi connectivity index (χ1) is 11.5. The summed E-state index contributed by atoms with van der Waals surface area (Å²) >= 11 is 1.26. The number of carbonyl (C=O) groups excluding carboxylic acids is 2. The molecule has 0 bridgehead atoms. The van der Waals surface area contributed by atoms with E-state index in [0.717, 1.165) is 25.2 Å². The third-order valence-corrected chi connectivity index (χ3v) is 4.98. The standard InChI is InChI=1S/C16H18N4O3S/c1-19-14(21)7-12(9-18-19)20-5-4-11(10-20)8-17-16(23)15(22)13-3-2-6-24-13/h2-3,6-7,9,11H,4-5,8,10H2,1H3,(H,17,23).